The molecule has 0 heterocycles. The Kier molecular flexibility index (Phi) is 4.95. The lowest BCUT2D eigenvalue weighted by molar-refractivity contribution is -0.123. The normalized spacial score (nSPS) is 11.4. The molecule has 0 aliphatic carbocycles. The smallest absolute Gasteiger partial charge is 0.338 e. The number of ether oxygens (including phenoxy) is 1. The zero-order chi connectivity index (χ0) is 18.5. The fourth-order valence-corrected chi connectivity index (χ4v) is 2.51. The highest BCUT2D eigenvalue weighted by molar-refractivity contribution is 5.99. The molecule has 0 fully saturated rings. The second-order valence-corrected chi connectivity index (χ2v) is 5.79. The number of hydrogen-bond donors (Lipinski definition) is 1. The van der Waals surface area contributed by atoms with Gasteiger partial charge in [-0.25, -0.2) is 4.79 Å². The first-order valence-electron chi connectivity index (χ1n) is 8.07. The van der Waals surface area contributed by atoms with Gasteiger partial charge in [0.1, 0.15) is 0 Å². The molecule has 0 unspecified atom stereocenters. The Morgan fingerprint density at radius 1 is 1.00 bits per heavy atom. The molecule has 0 aromatic heterocycles. The molecular weight excluding hydrogens is 328 g/mol. The lowest BCUT2D eigenvalue weighted by Gasteiger charge is -2.14. The van der Waals surface area contributed by atoms with Gasteiger partial charge in [0.25, 0.3) is 5.91 Å². The molecule has 0 aliphatic rings. The molecule has 3 aromatic carbocycles. The number of fused-ring (bicyclic) bond motifs is 1. The molecule has 0 spiro atoms. The van der Waals surface area contributed by atoms with E-state index in [2.05, 4.69) is 5.32 Å². The third-order valence-electron chi connectivity index (χ3n) is 3.90. The van der Waals surface area contributed by atoms with Gasteiger partial charge in [-0.2, -0.15) is 5.26 Å². The number of amides is 1. The van der Waals surface area contributed by atoms with E-state index in [1.165, 1.54) is 19.1 Å². The van der Waals surface area contributed by atoms with E-state index in [4.69, 9.17) is 10.00 Å². The SMILES string of the molecule is C[C@H](OC(=O)c1cccc(C#N)c1)C(=O)Nc1ccc2ccccc2c1. The van der Waals surface area contributed by atoms with E-state index in [9.17, 15) is 9.59 Å². The van der Waals surface area contributed by atoms with Crippen molar-refractivity contribution in [2.24, 2.45) is 0 Å². The average molecular weight is 344 g/mol. The molecule has 0 bridgehead atoms. The minimum absolute atomic E-state index is 0.231. The van der Waals surface area contributed by atoms with Gasteiger partial charge >= 0.3 is 5.97 Å². The topological polar surface area (TPSA) is 79.2 Å². The number of carbonyl (C=O) groups excluding carboxylic acids is 2. The summed E-state index contributed by atoms with van der Waals surface area (Å²) in [5.74, 6) is -1.08. The van der Waals surface area contributed by atoms with E-state index >= 15 is 0 Å². The number of rotatable bonds is 4. The van der Waals surface area contributed by atoms with Crippen molar-refractivity contribution < 1.29 is 14.3 Å². The van der Waals surface area contributed by atoms with E-state index in [-0.39, 0.29) is 5.56 Å². The third kappa shape index (κ3) is 3.87. The zero-order valence-corrected chi connectivity index (χ0v) is 14.1. The molecular formula is C21H16N2O3. The minimum Gasteiger partial charge on any atom is -0.449 e. The fraction of sp³-hybridized carbons (Fsp3) is 0.0952. The quantitative estimate of drug-likeness (QED) is 0.728. The van der Waals surface area contributed by atoms with Gasteiger partial charge in [0.05, 0.1) is 17.2 Å². The number of nitrogens with one attached hydrogen (secondary N) is 1. The molecule has 0 saturated carbocycles. The summed E-state index contributed by atoms with van der Waals surface area (Å²) in [7, 11) is 0. The van der Waals surface area contributed by atoms with Crippen molar-refractivity contribution in [3.8, 4) is 6.07 Å². The van der Waals surface area contributed by atoms with Gasteiger partial charge in [-0.05, 0) is 48.0 Å². The van der Waals surface area contributed by atoms with Crippen molar-refractivity contribution in [2.45, 2.75) is 13.0 Å². The van der Waals surface area contributed by atoms with E-state index in [0.717, 1.165) is 10.8 Å². The van der Waals surface area contributed by atoms with Crippen molar-refractivity contribution in [1.82, 2.24) is 0 Å². The van der Waals surface area contributed by atoms with Crippen molar-refractivity contribution >= 4 is 28.3 Å². The summed E-state index contributed by atoms with van der Waals surface area (Å²) in [6.07, 6.45) is -0.972. The van der Waals surface area contributed by atoms with Crippen LogP contribution in [-0.2, 0) is 9.53 Å². The van der Waals surface area contributed by atoms with Crippen LogP contribution >= 0.6 is 0 Å². The van der Waals surface area contributed by atoms with Gasteiger partial charge in [0.15, 0.2) is 6.10 Å². The lowest BCUT2D eigenvalue weighted by atomic mass is 10.1. The maximum Gasteiger partial charge on any atom is 0.338 e. The maximum atomic E-state index is 12.3. The second kappa shape index (κ2) is 7.49. The number of esters is 1. The largest absolute Gasteiger partial charge is 0.449 e. The second-order valence-electron chi connectivity index (χ2n) is 5.79. The van der Waals surface area contributed by atoms with Gasteiger partial charge in [-0.3, -0.25) is 4.79 Å². The highest BCUT2D eigenvalue weighted by Gasteiger charge is 2.19. The van der Waals surface area contributed by atoms with Crippen LogP contribution in [0.2, 0.25) is 0 Å². The van der Waals surface area contributed by atoms with Gasteiger partial charge in [-0.1, -0.05) is 36.4 Å². The average Bonchev–Trinajstić information content (AvgIpc) is 2.67. The predicted molar refractivity (Wildman–Crippen MR) is 98.6 cm³/mol. The van der Waals surface area contributed by atoms with E-state index in [0.29, 0.717) is 11.3 Å². The molecule has 128 valence electrons. The zero-order valence-electron chi connectivity index (χ0n) is 14.1. The van der Waals surface area contributed by atoms with E-state index in [1.54, 1.807) is 18.2 Å². The first kappa shape index (κ1) is 17.2. The number of hydrogen-bond acceptors (Lipinski definition) is 4. The number of carbonyl (C=O) groups is 2. The van der Waals surface area contributed by atoms with Crippen LogP contribution in [0.15, 0.2) is 66.7 Å². The van der Waals surface area contributed by atoms with Gasteiger partial charge < -0.3 is 10.1 Å². The van der Waals surface area contributed by atoms with Crippen LogP contribution in [0.3, 0.4) is 0 Å². The van der Waals surface area contributed by atoms with Crippen molar-refractivity contribution in [1.29, 1.82) is 5.26 Å². The first-order chi connectivity index (χ1) is 12.6. The van der Waals surface area contributed by atoms with E-state index < -0.39 is 18.0 Å². The summed E-state index contributed by atoms with van der Waals surface area (Å²) in [5.41, 5.74) is 1.21. The molecule has 5 heteroatoms. The van der Waals surface area contributed by atoms with Gasteiger partial charge in [-0.15, -0.1) is 0 Å². The lowest BCUT2D eigenvalue weighted by Crippen LogP contribution is -2.30. The molecule has 0 saturated heterocycles. The van der Waals surface area contributed by atoms with Gasteiger partial charge in [0, 0.05) is 5.69 Å². The summed E-state index contributed by atoms with van der Waals surface area (Å²) in [6, 6.07) is 21.5. The van der Waals surface area contributed by atoms with Crippen LogP contribution in [0.1, 0.15) is 22.8 Å². The van der Waals surface area contributed by atoms with Gasteiger partial charge in [0.2, 0.25) is 0 Å². The summed E-state index contributed by atoms with van der Waals surface area (Å²) >= 11 is 0. The summed E-state index contributed by atoms with van der Waals surface area (Å²) in [4.78, 5) is 24.4. The Morgan fingerprint density at radius 2 is 1.77 bits per heavy atom. The van der Waals surface area contributed by atoms with E-state index in [1.807, 2.05) is 42.5 Å². The van der Waals surface area contributed by atoms with Crippen LogP contribution in [0.5, 0.6) is 0 Å². The van der Waals surface area contributed by atoms with Crippen molar-refractivity contribution in [2.75, 3.05) is 5.32 Å². The summed E-state index contributed by atoms with van der Waals surface area (Å²) in [5, 5.41) is 13.7. The Morgan fingerprint density at radius 3 is 2.54 bits per heavy atom. The van der Waals surface area contributed by atoms with Crippen LogP contribution in [0.25, 0.3) is 10.8 Å². The maximum absolute atomic E-state index is 12.3. The Bertz CT molecular complexity index is 1020. The van der Waals surface area contributed by atoms with Crippen LogP contribution in [0, 0.1) is 11.3 Å². The molecule has 3 aromatic rings. The third-order valence-corrected chi connectivity index (χ3v) is 3.90. The van der Waals surface area contributed by atoms with Crippen LogP contribution < -0.4 is 5.32 Å². The minimum atomic E-state index is -0.972. The number of anilines is 1. The first-order valence-corrected chi connectivity index (χ1v) is 8.07. The highest BCUT2D eigenvalue weighted by Crippen LogP contribution is 2.19. The number of benzene rings is 3. The molecule has 26 heavy (non-hydrogen) atoms. The standard InChI is InChI=1S/C21H16N2O3/c1-14(26-21(25)18-8-4-5-15(11-18)13-22)20(24)23-19-10-9-16-6-2-3-7-17(16)12-19/h2-12,14H,1H3,(H,23,24)/t14-/m0/s1. The molecule has 0 radical (unpaired) electrons. The summed E-state index contributed by atoms with van der Waals surface area (Å²) in [6.45, 7) is 1.50. The molecule has 1 N–H and O–H groups in total. The summed E-state index contributed by atoms with van der Waals surface area (Å²) < 4.78 is 5.20. The Labute approximate surface area is 150 Å². The highest BCUT2D eigenvalue weighted by atomic mass is 16.5. The molecule has 0 aliphatic heterocycles. The van der Waals surface area contributed by atoms with Crippen molar-refractivity contribution in [3.63, 3.8) is 0 Å². The van der Waals surface area contributed by atoms with Crippen molar-refractivity contribution in [3.05, 3.63) is 77.9 Å². The van der Waals surface area contributed by atoms with Crippen LogP contribution in [-0.4, -0.2) is 18.0 Å². The fourth-order valence-electron chi connectivity index (χ4n) is 2.51. The molecule has 1 atom stereocenters. The van der Waals surface area contributed by atoms with Crippen LogP contribution in [0.4, 0.5) is 5.69 Å². The molecule has 1 amide bonds. The predicted octanol–water partition coefficient (Wildman–Crippen LogP) is 3.90. The monoisotopic (exact) mass is 344 g/mol. The Hall–Kier alpha value is -3.65. The number of nitriles is 1. The molecule has 5 nitrogen and oxygen atoms in total. The number of nitrogens with zero attached hydrogens (tertiary/aromatic N) is 1. The molecule has 3 rings (SSSR count). The Balaban J connectivity index is 1.66.